The van der Waals surface area contributed by atoms with Gasteiger partial charge in [-0.25, -0.2) is 19.2 Å². The molecule has 0 aromatic rings. The lowest BCUT2D eigenvalue weighted by atomic mass is 10.0. The number of carbonyl (C=O) groups excluding carboxylic acids is 7. The Labute approximate surface area is 326 Å². The van der Waals surface area contributed by atoms with Crippen LogP contribution in [0, 0.1) is 5.92 Å². The van der Waals surface area contributed by atoms with E-state index in [1.54, 1.807) is 34.6 Å². The predicted molar refractivity (Wildman–Crippen MR) is 207 cm³/mol. The van der Waals surface area contributed by atoms with E-state index in [2.05, 4.69) is 28.2 Å². The molecule has 312 valence electrons. The molecule has 0 heterocycles. The Kier molecular flexibility index (Phi) is 26.9. The smallest absolute Gasteiger partial charge is 0.408 e. The molecule has 0 spiro atoms. The first kappa shape index (κ1) is 50.4. The summed E-state index contributed by atoms with van der Waals surface area (Å²) in [7, 11) is 3.47. The predicted octanol–water partition coefficient (Wildman–Crippen LogP) is 4.72. The zero-order valence-electron chi connectivity index (χ0n) is 34.1. The van der Waals surface area contributed by atoms with Crippen LogP contribution in [-0.2, 0) is 47.7 Å². The van der Waals surface area contributed by atoms with Gasteiger partial charge in [0.1, 0.15) is 29.8 Å². The van der Waals surface area contributed by atoms with Gasteiger partial charge < -0.3 is 40.2 Å². The molecule has 54 heavy (non-hydrogen) atoms. The fourth-order valence-corrected chi connectivity index (χ4v) is 6.35. The number of thioether (sulfide) groups is 1. The van der Waals surface area contributed by atoms with Crippen molar-refractivity contribution in [1.82, 2.24) is 21.3 Å². The number of methoxy groups -OCH3 is 3. The van der Waals surface area contributed by atoms with Crippen molar-refractivity contribution in [3.05, 3.63) is 0 Å². The molecule has 0 fully saturated rings. The van der Waals surface area contributed by atoms with Gasteiger partial charge in [-0.05, 0) is 39.5 Å². The molecular weight excluding hydrogens is 721 g/mol. The topological polar surface area (TPSA) is 205 Å². The van der Waals surface area contributed by atoms with Crippen LogP contribution < -0.4 is 21.3 Å². The molecule has 0 aliphatic carbocycles. The average molecular weight is 789 g/mol. The van der Waals surface area contributed by atoms with Crippen molar-refractivity contribution in [2.75, 3.05) is 32.8 Å². The van der Waals surface area contributed by atoms with Gasteiger partial charge in [0.15, 0.2) is 0 Å². The Balaban J connectivity index is 5.09. The molecule has 15 nitrogen and oxygen atoms in total. The summed E-state index contributed by atoms with van der Waals surface area (Å²) < 4.78 is 19.6. The normalized spacial score (nSPS) is 13.4. The van der Waals surface area contributed by atoms with Crippen LogP contribution in [0.2, 0.25) is 0 Å². The van der Waals surface area contributed by atoms with Crippen LogP contribution >= 0.6 is 11.8 Å². The molecule has 0 aromatic heterocycles. The number of alkyl carbamates (subject to hydrolysis) is 1. The molecule has 0 saturated carbocycles. The zero-order chi connectivity index (χ0) is 41.1. The van der Waals surface area contributed by atoms with Gasteiger partial charge in [-0.2, -0.15) is 11.8 Å². The Hall–Kier alpha value is -3.56. The number of unbranched alkanes of at least 4 members (excludes halogenated alkanes) is 10. The maximum atomic E-state index is 13.3. The van der Waals surface area contributed by atoms with Crippen molar-refractivity contribution < 1.29 is 52.5 Å². The number of rotatable bonds is 28. The second-order valence-electron chi connectivity index (χ2n) is 14.6. The van der Waals surface area contributed by atoms with Gasteiger partial charge in [0.05, 0.1) is 21.3 Å². The van der Waals surface area contributed by atoms with Crippen molar-refractivity contribution in [1.29, 1.82) is 0 Å². The summed E-state index contributed by atoms with van der Waals surface area (Å²) in [5.41, 5.74) is -0.800. The molecule has 0 saturated heterocycles. The summed E-state index contributed by atoms with van der Waals surface area (Å²) >= 11 is 1.07. The van der Waals surface area contributed by atoms with Gasteiger partial charge in [-0.15, -0.1) is 0 Å². The minimum Gasteiger partial charge on any atom is -0.467 e. The van der Waals surface area contributed by atoms with E-state index in [-0.39, 0.29) is 42.6 Å². The van der Waals surface area contributed by atoms with Crippen molar-refractivity contribution in [3.63, 3.8) is 0 Å². The van der Waals surface area contributed by atoms with Crippen molar-refractivity contribution in [2.45, 2.75) is 161 Å². The van der Waals surface area contributed by atoms with Gasteiger partial charge >= 0.3 is 24.0 Å². The lowest BCUT2D eigenvalue weighted by molar-refractivity contribution is -0.146. The molecule has 0 aliphatic heterocycles. The first-order valence-electron chi connectivity index (χ1n) is 19.2. The maximum Gasteiger partial charge on any atom is 0.408 e. The van der Waals surface area contributed by atoms with Crippen LogP contribution in [0.15, 0.2) is 0 Å². The second kappa shape index (κ2) is 28.8. The van der Waals surface area contributed by atoms with Crippen molar-refractivity contribution >= 4 is 53.5 Å². The third kappa shape index (κ3) is 24.0. The summed E-state index contributed by atoms with van der Waals surface area (Å²) in [5, 5.41) is 10.4. The summed E-state index contributed by atoms with van der Waals surface area (Å²) in [5.74, 6) is -4.06. The molecule has 0 rings (SSSR count). The highest BCUT2D eigenvalue weighted by molar-refractivity contribution is 7.99. The highest BCUT2D eigenvalue weighted by atomic mass is 32.2. The number of amides is 4. The van der Waals surface area contributed by atoms with Crippen LogP contribution in [0.4, 0.5) is 4.79 Å². The summed E-state index contributed by atoms with van der Waals surface area (Å²) in [6, 6.07) is -4.36. The number of nitrogens with one attached hydrogen (secondary N) is 4. The Morgan fingerprint density at radius 3 is 1.48 bits per heavy atom. The van der Waals surface area contributed by atoms with Crippen molar-refractivity contribution in [3.8, 4) is 0 Å². The van der Waals surface area contributed by atoms with E-state index >= 15 is 0 Å². The van der Waals surface area contributed by atoms with E-state index < -0.39 is 65.6 Å². The molecule has 0 bridgehead atoms. The maximum absolute atomic E-state index is 13.3. The van der Waals surface area contributed by atoms with E-state index in [1.165, 1.54) is 44.9 Å². The average Bonchev–Trinajstić information content (AvgIpc) is 3.11. The fourth-order valence-electron chi connectivity index (χ4n) is 5.30. The zero-order valence-corrected chi connectivity index (χ0v) is 34.9. The van der Waals surface area contributed by atoms with Gasteiger partial charge in [-0.3, -0.25) is 14.4 Å². The SMILES string of the molecule is CCCCCCCCCCCCCC(=O)N[C@H](C(=O)N[C@H](CCC(=O)N[C@H](CSC[C@H](NC(=O)OC(C)(C)C)C(=O)OC)C(=O)OC)C(=O)OC)C(C)C. The molecule has 0 aromatic carbocycles. The van der Waals surface area contributed by atoms with E-state index in [0.29, 0.717) is 6.42 Å². The van der Waals surface area contributed by atoms with Gasteiger partial charge in [-0.1, -0.05) is 85.0 Å². The summed E-state index contributed by atoms with van der Waals surface area (Å²) in [6.07, 6.45) is 11.8. The minimum absolute atomic E-state index is 0.0153. The van der Waals surface area contributed by atoms with Crippen molar-refractivity contribution in [2.24, 2.45) is 5.92 Å². The largest absolute Gasteiger partial charge is 0.467 e. The van der Waals surface area contributed by atoms with Crippen LogP contribution in [-0.4, -0.2) is 104 Å². The number of hydrogen-bond acceptors (Lipinski definition) is 12. The number of hydrogen-bond donors (Lipinski definition) is 4. The number of carbonyl (C=O) groups is 7. The van der Waals surface area contributed by atoms with Gasteiger partial charge in [0.25, 0.3) is 0 Å². The van der Waals surface area contributed by atoms with Crippen LogP contribution in [0.25, 0.3) is 0 Å². The van der Waals surface area contributed by atoms with Crippen LogP contribution in [0.3, 0.4) is 0 Å². The monoisotopic (exact) mass is 788 g/mol. The highest BCUT2D eigenvalue weighted by Gasteiger charge is 2.31. The summed E-state index contributed by atoms with van der Waals surface area (Å²) in [4.78, 5) is 88.5. The van der Waals surface area contributed by atoms with E-state index in [4.69, 9.17) is 18.9 Å². The second-order valence-corrected chi connectivity index (χ2v) is 15.7. The quantitative estimate of drug-likeness (QED) is 0.0483. The van der Waals surface area contributed by atoms with E-state index in [1.807, 2.05) is 0 Å². The summed E-state index contributed by atoms with van der Waals surface area (Å²) in [6.45, 7) is 10.8. The molecule has 4 N–H and O–H groups in total. The molecular formula is C38H68N4O11S. The Morgan fingerprint density at radius 2 is 1.02 bits per heavy atom. The molecule has 4 atom stereocenters. The van der Waals surface area contributed by atoms with Crippen LogP contribution in [0.1, 0.15) is 131 Å². The fraction of sp³-hybridized carbons (Fsp3) is 0.816. The number of ether oxygens (including phenoxy) is 4. The molecule has 0 aliphatic rings. The first-order chi connectivity index (χ1) is 25.5. The molecule has 16 heteroatoms. The van der Waals surface area contributed by atoms with Gasteiger partial charge in [0, 0.05) is 24.3 Å². The Bertz CT molecular complexity index is 1160. The van der Waals surface area contributed by atoms with E-state index in [0.717, 1.165) is 52.4 Å². The van der Waals surface area contributed by atoms with Crippen LogP contribution in [0.5, 0.6) is 0 Å². The molecule has 0 unspecified atom stereocenters. The first-order valence-corrected chi connectivity index (χ1v) is 20.3. The van der Waals surface area contributed by atoms with Gasteiger partial charge in [0.2, 0.25) is 17.7 Å². The van der Waals surface area contributed by atoms with E-state index in [9.17, 15) is 33.6 Å². The third-order valence-electron chi connectivity index (χ3n) is 8.30. The Morgan fingerprint density at radius 1 is 0.574 bits per heavy atom. The third-order valence-corrected chi connectivity index (χ3v) is 9.44. The lowest BCUT2D eigenvalue weighted by Crippen LogP contribution is -2.54. The number of esters is 3. The highest BCUT2D eigenvalue weighted by Crippen LogP contribution is 2.14. The minimum atomic E-state index is -1.20. The lowest BCUT2D eigenvalue weighted by Gasteiger charge is -2.25. The molecule has 4 amide bonds. The standard InChI is InChI=1S/C38H68N4O11S/c1-10-11-12-13-14-15-16-17-18-19-20-21-30(43)42-32(26(2)3)33(45)40-27(34(46)50-7)22-23-31(44)39-28(35(47)51-8)24-54-25-29(36(48)52-9)41-37(49)53-38(4,5)6/h26-29,32H,10-25H2,1-9H3,(H,39,44)(H,40,45)(H,41,49)(H,42,43)/t27-,28-,29+,32+/m1/s1. The molecule has 0 radical (unpaired) electrons.